The molecule has 1 nitrogen and oxygen atoms in total. The van der Waals surface area contributed by atoms with Gasteiger partial charge in [-0.05, 0) is 31.1 Å². The van der Waals surface area contributed by atoms with E-state index in [4.69, 9.17) is 0 Å². The molecule has 0 aliphatic heterocycles. The molecule has 0 bridgehead atoms. The Hall–Kier alpha value is -0.600. The molecule has 0 unspecified atom stereocenters. The quantitative estimate of drug-likeness (QED) is 0.813. The van der Waals surface area contributed by atoms with Crippen molar-refractivity contribution >= 4 is 17.4 Å². The lowest BCUT2D eigenvalue weighted by Crippen LogP contribution is -2.26. The van der Waals surface area contributed by atoms with Crippen LogP contribution >= 0.6 is 11.3 Å². The van der Waals surface area contributed by atoms with Crippen LogP contribution in [0.5, 0.6) is 0 Å². The van der Waals surface area contributed by atoms with E-state index in [1.807, 2.05) is 11.3 Å². The molecule has 0 aliphatic rings. The van der Waals surface area contributed by atoms with Crippen molar-refractivity contribution in [2.75, 3.05) is 6.54 Å². The predicted molar refractivity (Wildman–Crippen MR) is 75.0 cm³/mol. The summed E-state index contributed by atoms with van der Waals surface area (Å²) in [4.78, 5) is 2.75. The second kappa shape index (κ2) is 6.21. The standard InChI is InChI=1S/C14H23NS/c1-10(2)13(9-15-11(3)4)8-14-7-6-12(5)16-14/h6-8,10-11,15H,9H2,1-5H3. The van der Waals surface area contributed by atoms with Crippen molar-refractivity contribution in [1.29, 1.82) is 0 Å². The molecule has 0 aliphatic carbocycles. The Balaban J connectivity index is 2.73. The van der Waals surface area contributed by atoms with Crippen LogP contribution in [0.25, 0.3) is 6.08 Å². The van der Waals surface area contributed by atoms with E-state index in [2.05, 4.69) is 58.1 Å². The Bertz CT molecular complexity index is 347. The minimum absolute atomic E-state index is 0.548. The molecule has 0 atom stereocenters. The summed E-state index contributed by atoms with van der Waals surface area (Å²) in [6, 6.07) is 4.94. The van der Waals surface area contributed by atoms with E-state index in [1.165, 1.54) is 15.3 Å². The van der Waals surface area contributed by atoms with Gasteiger partial charge >= 0.3 is 0 Å². The van der Waals surface area contributed by atoms with Crippen LogP contribution in [0.1, 0.15) is 37.4 Å². The normalized spacial score (nSPS) is 12.8. The van der Waals surface area contributed by atoms with E-state index >= 15 is 0 Å². The van der Waals surface area contributed by atoms with Crippen molar-refractivity contribution in [3.63, 3.8) is 0 Å². The van der Waals surface area contributed by atoms with Gasteiger partial charge < -0.3 is 5.32 Å². The lowest BCUT2D eigenvalue weighted by Gasteiger charge is -2.14. The van der Waals surface area contributed by atoms with Gasteiger partial charge in [-0.1, -0.05) is 33.3 Å². The third kappa shape index (κ3) is 4.50. The molecule has 1 aromatic heterocycles. The van der Waals surface area contributed by atoms with Crippen LogP contribution in [-0.4, -0.2) is 12.6 Å². The van der Waals surface area contributed by atoms with Crippen molar-refractivity contribution in [2.45, 2.75) is 40.7 Å². The molecule has 1 aromatic rings. The molecule has 16 heavy (non-hydrogen) atoms. The predicted octanol–water partition coefficient (Wildman–Crippen LogP) is 4.09. The maximum atomic E-state index is 3.49. The first kappa shape index (κ1) is 13.5. The summed E-state index contributed by atoms with van der Waals surface area (Å²) in [5.74, 6) is 0.605. The van der Waals surface area contributed by atoms with E-state index in [1.54, 1.807) is 0 Å². The fourth-order valence-corrected chi connectivity index (χ4v) is 2.31. The lowest BCUT2D eigenvalue weighted by molar-refractivity contribution is 0.593. The summed E-state index contributed by atoms with van der Waals surface area (Å²) >= 11 is 1.86. The van der Waals surface area contributed by atoms with Gasteiger partial charge in [-0.2, -0.15) is 0 Å². The maximum absolute atomic E-state index is 3.49. The Morgan fingerprint density at radius 2 is 2.00 bits per heavy atom. The summed E-state index contributed by atoms with van der Waals surface area (Å²) in [5.41, 5.74) is 1.48. The van der Waals surface area contributed by atoms with E-state index < -0.39 is 0 Å². The fraction of sp³-hybridized carbons (Fsp3) is 0.571. The van der Waals surface area contributed by atoms with Crippen molar-refractivity contribution in [2.24, 2.45) is 5.92 Å². The van der Waals surface area contributed by atoms with Crippen LogP contribution in [0.3, 0.4) is 0 Å². The summed E-state index contributed by atoms with van der Waals surface area (Å²) in [7, 11) is 0. The third-order valence-electron chi connectivity index (χ3n) is 2.54. The molecular weight excluding hydrogens is 214 g/mol. The molecule has 0 amide bonds. The molecule has 2 heteroatoms. The van der Waals surface area contributed by atoms with Crippen LogP contribution in [0, 0.1) is 12.8 Å². The number of rotatable bonds is 5. The topological polar surface area (TPSA) is 12.0 Å². The summed E-state index contributed by atoms with van der Waals surface area (Å²) in [5, 5.41) is 3.49. The third-order valence-corrected chi connectivity index (χ3v) is 3.49. The summed E-state index contributed by atoms with van der Waals surface area (Å²) < 4.78 is 0. The van der Waals surface area contributed by atoms with Crippen molar-refractivity contribution in [1.82, 2.24) is 5.32 Å². The number of aryl methyl sites for hydroxylation is 1. The smallest absolute Gasteiger partial charge is 0.0273 e. The monoisotopic (exact) mass is 237 g/mol. The molecule has 1 rings (SSSR count). The van der Waals surface area contributed by atoms with Crippen LogP contribution < -0.4 is 5.32 Å². The van der Waals surface area contributed by atoms with Gasteiger partial charge in [-0.25, -0.2) is 0 Å². The largest absolute Gasteiger partial charge is 0.311 e. The molecule has 1 heterocycles. The highest BCUT2D eigenvalue weighted by Crippen LogP contribution is 2.21. The van der Waals surface area contributed by atoms with Crippen LogP contribution in [0.4, 0.5) is 0 Å². The van der Waals surface area contributed by atoms with Gasteiger partial charge in [0.1, 0.15) is 0 Å². The Labute approximate surface area is 104 Å². The van der Waals surface area contributed by atoms with Crippen LogP contribution in [0.2, 0.25) is 0 Å². The molecule has 0 spiro atoms. The molecule has 0 saturated heterocycles. The van der Waals surface area contributed by atoms with Gasteiger partial charge in [0.05, 0.1) is 0 Å². The minimum atomic E-state index is 0.548. The average Bonchev–Trinajstić information content (AvgIpc) is 2.57. The molecule has 0 saturated carbocycles. The highest BCUT2D eigenvalue weighted by molar-refractivity contribution is 7.12. The lowest BCUT2D eigenvalue weighted by atomic mass is 10.0. The molecule has 0 fully saturated rings. The Kier molecular flexibility index (Phi) is 5.23. The molecule has 0 radical (unpaired) electrons. The van der Waals surface area contributed by atoms with E-state index in [0.29, 0.717) is 12.0 Å². The fourth-order valence-electron chi connectivity index (χ4n) is 1.46. The summed E-state index contributed by atoms with van der Waals surface area (Å²) in [6.07, 6.45) is 2.33. The Morgan fingerprint density at radius 1 is 1.31 bits per heavy atom. The zero-order valence-electron chi connectivity index (χ0n) is 11.0. The highest BCUT2D eigenvalue weighted by Gasteiger charge is 2.05. The second-order valence-electron chi connectivity index (χ2n) is 4.86. The van der Waals surface area contributed by atoms with Crippen LogP contribution in [-0.2, 0) is 0 Å². The van der Waals surface area contributed by atoms with Gasteiger partial charge in [0.15, 0.2) is 0 Å². The van der Waals surface area contributed by atoms with Crippen molar-refractivity contribution < 1.29 is 0 Å². The number of hydrogen-bond acceptors (Lipinski definition) is 2. The van der Waals surface area contributed by atoms with Gasteiger partial charge in [-0.15, -0.1) is 11.3 Å². The van der Waals surface area contributed by atoms with E-state index in [9.17, 15) is 0 Å². The zero-order chi connectivity index (χ0) is 12.1. The molecule has 1 N–H and O–H groups in total. The molecular formula is C14H23NS. The van der Waals surface area contributed by atoms with Crippen molar-refractivity contribution in [3.05, 3.63) is 27.5 Å². The summed E-state index contributed by atoms with van der Waals surface area (Å²) in [6.45, 7) is 12.0. The number of hydrogen-bond donors (Lipinski definition) is 1. The zero-order valence-corrected chi connectivity index (χ0v) is 11.8. The van der Waals surface area contributed by atoms with Crippen LogP contribution in [0.15, 0.2) is 17.7 Å². The van der Waals surface area contributed by atoms with E-state index in [-0.39, 0.29) is 0 Å². The molecule has 90 valence electrons. The maximum Gasteiger partial charge on any atom is 0.0273 e. The van der Waals surface area contributed by atoms with Gasteiger partial charge in [0.2, 0.25) is 0 Å². The first-order valence-corrected chi connectivity index (χ1v) is 6.81. The minimum Gasteiger partial charge on any atom is -0.311 e. The SMILES string of the molecule is Cc1ccc(C=C(CNC(C)C)C(C)C)s1. The van der Waals surface area contributed by atoms with Gasteiger partial charge in [0.25, 0.3) is 0 Å². The van der Waals surface area contributed by atoms with Gasteiger partial charge in [-0.3, -0.25) is 0 Å². The Morgan fingerprint density at radius 3 is 2.44 bits per heavy atom. The first-order chi connectivity index (χ1) is 7.49. The number of thiophene rings is 1. The van der Waals surface area contributed by atoms with Crippen molar-refractivity contribution in [3.8, 4) is 0 Å². The second-order valence-corrected chi connectivity index (χ2v) is 6.18. The number of nitrogens with one attached hydrogen (secondary N) is 1. The van der Waals surface area contributed by atoms with E-state index in [0.717, 1.165) is 6.54 Å². The highest BCUT2D eigenvalue weighted by atomic mass is 32.1. The molecule has 0 aromatic carbocycles. The van der Waals surface area contributed by atoms with Gasteiger partial charge in [0, 0.05) is 22.3 Å². The first-order valence-electron chi connectivity index (χ1n) is 5.99. The average molecular weight is 237 g/mol.